The predicted molar refractivity (Wildman–Crippen MR) is 51.5 cm³/mol. The van der Waals surface area contributed by atoms with Crippen molar-refractivity contribution in [2.24, 2.45) is 0 Å². The lowest BCUT2D eigenvalue weighted by Crippen LogP contribution is -2.47. The predicted octanol–water partition coefficient (Wildman–Crippen LogP) is 1.42. The van der Waals surface area contributed by atoms with Crippen molar-refractivity contribution in [1.29, 1.82) is 0 Å². The highest BCUT2D eigenvalue weighted by Gasteiger charge is 2.38. The van der Waals surface area contributed by atoms with Crippen LogP contribution in [0.25, 0.3) is 0 Å². The quantitative estimate of drug-likeness (QED) is 0.663. The van der Waals surface area contributed by atoms with E-state index in [1.165, 1.54) is 0 Å². The highest BCUT2D eigenvalue weighted by atomic mass is 16.5. The van der Waals surface area contributed by atoms with Crippen LogP contribution >= 0.6 is 0 Å². The van der Waals surface area contributed by atoms with E-state index in [0.717, 1.165) is 19.4 Å². The van der Waals surface area contributed by atoms with Crippen molar-refractivity contribution in [2.45, 2.75) is 45.3 Å². The molecule has 0 aromatic carbocycles. The first kappa shape index (κ1) is 10.5. The monoisotopic (exact) mass is 185 g/mol. The van der Waals surface area contributed by atoms with Crippen LogP contribution in [0.5, 0.6) is 0 Å². The number of amides is 1. The molecule has 0 saturated heterocycles. The minimum absolute atomic E-state index is 0.111. The summed E-state index contributed by atoms with van der Waals surface area (Å²) < 4.78 is 5.17. The van der Waals surface area contributed by atoms with Gasteiger partial charge in [-0.05, 0) is 33.6 Å². The van der Waals surface area contributed by atoms with Gasteiger partial charge in [-0.2, -0.15) is 0 Å². The lowest BCUT2D eigenvalue weighted by molar-refractivity contribution is -0.151. The summed E-state index contributed by atoms with van der Waals surface area (Å²) in [6, 6.07) is 0.479. The van der Waals surface area contributed by atoms with E-state index >= 15 is 0 Å². The second-order valence-electron chi connectivity index (χ2n) is 4.04. The number of carbonyl (C=O) groups is 1. The van der Waals surface area contributed by atoms with E-state index in [4.69, 9.17) is 4.74 Å². The van der Waals surface area contributed by atoms with Gasteiger partial charge in [0.25, 0.3) is 5.91 Å². The Hall–Kier alpha value is -0.570. The number of hydrogen-bond donors (Lipinski definition) is 0. The summed E-state index contributed by atoms with van der Waals surface area (Å²) in [7, 11) is 1.58. The van der Waals surface area contributed by atoms with E-state index < -0.39 is 5.60 Å². The van der Waals surface area contributed by atoms with Crippen molar-refractivity contribution in [2.75, 3.05) is 13.7 Å². The van der Waals surface area contributed by atoms with Gasteiger partial charge in [0.1, 0.15) is 5.60 Å². The van der Waals surface area contributed by atoms with Gasteiger partial charge in [0, 0.05) is 19.7 Å². The molecule has 1 amide bonds. The summed E-state index contributed by atoms with van der Waals surface area (Å²) in [6.45, 7) is 6.44. The maximum Gasteiger partial charge on any atom is 0.254 e. The first-order valence-electron chi connectivity index (χ1n) is 4.89. The van der Waals surface area contributed by atoms with Gasteiger partial charge in [-0.1, -0.05) is 0 Å². The Labute approximate surface area is 80.1 Å². The molecule has 1 rings (SSSR count). The Balaban J connectivity index is 2.62. The van der Waals surface area contributed by atoms with Crippen LogP contribution in [0.1, 0.15) is 33.6 Å². The van der Waals surface area contributed by atoms with E-state index in [1.54, 1.807) is 7.11 Å². The molecule has 0 aromatic rings. The van der Waals surface area contributed by atoms with Crippen LogP contribution in [0.4, 0.5) is 0 Å². The fourth-order valence-electron chi connectivity index (χ4n) is 1.39. The Morgan fingerprint density at radius 2 is 2.08 bits per heavy atom. The third kappa shape index (κ3) is 2.21. The van der Waals surface area contributed by atoms with Crippen LogP contribution in [0.2, 0.25) is 0 Å². The van der Waals surface area contributed by atoms with E-state index in [9.17, 15) is 4.79 Å². The average molecular weight is 185 g/mol. The summed E-state index contributed by atoms with van der Waals surface area (Å²) in [5.41, 5.74) is -0.668. The molecule has 0 atom stereocenters. The highest BCUT2D eigenvalue weighted by Crippen LogP contribution is 2.29. The van der Waals surface area contributed by atoms with E-state index in [1.807, 2.05) is 25.7 Å². The van der Waals surface area contributed by atoms with Gasteiger partial charge >= 0.3 is 0 Å². The number of carbonyl (C=O) groups excluding carboxylic acids is 1. The molecule has 0 aliphatic heterocycles. The van der Waals surface area contributed by atoms with Crippen molar-refractivity contribution in [1.82, 2.24) is 4.90 Å². The standard InChI is InChI=1S/C10H19NO2/c1-5-11(8-6-7-8)9(12)10(2,3)13-4/h8H,5-7H2,1-4H3. The third-order valence-electron chi connectivity index (χ3n) is 2.61. The molecule has 1 aliphatic carbocycles. The molecule has 0 spiro atoms. The second-order valence-corrected chi connectivity index (χ2v) is 4.04. The van der Waals surface area contributed by atoms with E-state index in [0.29, 0.717) is 6.04 Å². The van der Waals surface area contributed by atoms with Crippen LogP contribution < -0.4 is 0 Å². The first-order valence-corrected chi connectivity index (χ1v) is 4.89. The average Bonchev–Trinajstić information content (AvgIpc) is 2.89. The Bertz CT molecular complexity index is 197. The summed E-state index contributed by atoms with van der Waals surface area (Å²) in [6.07, 6.45) is 2.30. The summed E-state index contributed by atoms with van der Waals surface area (Å²) in [5.74, 6) is 0.111. The molecule has 0 bridgehead atoms. The van der Waals surface area contributed by atoms with Gasteiger partial charge in [-0.15, -0.1) is 0 Å². The second kappa shape index (κ2) is 3.66. The molecule has 3 nitrogen and oxygen atoms in total. The van der Waals surface area contributed by atoms with Crippen LogP contribution in [-0.4, -0.2) is 36.1 Å². The number of likely N-dealkylation sites (N-methyl/N-ethyl adjacent to an activating group) is 1. The van der Waals surface area contributed by atoms with Crippen LogP contribution in [0, 0.1) is 0 Å². The lowest BCUT2D eigenvalue weighted by Gasteiger charge is -2.30. The van der Waals surface area contributed by atoms with Crippen molar-refractivity contribution in [3.8, 4) is 0 Å². The highest BCUT2D eigenvalue weighted by molar-refractivity contribution is 5.84. The molecule has 13 heavy (non-hydrogen) atoms. The number of methoxy groups -OCH3 is 1. The normalized spacial score (nSPS) is 17.2. The topological polar surface area (TPSA) is 29.5 Å². The van der Waals surface area contributed by atoms with Crippen LogP contribution in [0.15, 0.2) is 0 Å². The molecule has 0 heterocycles. The molecule has 1 fully saturated rings. The van der Waals surface area contributed by atoms with Crippen molar-refractivity contribution < 1.29 is 9.53 Å². The number of nitrogens with zero attached hydrogens (tertiary/aromatic N) is 1. The molecular formula is C10H19NO2. The lowest BCUT2D eigenvalue weighted by atomic mass is 10.1. The largest absolute Gasteiger partial charge is 0.369 e. The van der Waals surface area contributed by atoms with Gasteiger partial charge in [0.15, 0.2) is 0 Å². The number of rotatable bonds is 4. The molecule has 0 radical (unpaired) electrons. The van der Waals surface area contributed by atoms with Crippen LogP contribution in [0.3, 0.4) is 0 Å². The molecule has 76 valence electrons. The number of hydrogen-bond acceptors (Lipinski definition) is 2. The molecule has 3 heteroatoms. The van der Waals surface area contributed by atoms with Gasteiger partial charge in [-0.3, -0.25) is 4.79 Å². The van der Waals surface area contributed by atoms with Gasteiger partial charge in [0.05, 0.1) is 0 Å². The maximum atomic E-state index is 11.9. The minimum Gasteiger partial charge on any atom is -0.369 e. The van der Waals surface area contributed by atoms with Crippen molar-refractivity contribution in [3.63, 3.8) is 0 Å². The maximum absolute atomic E-state index is 11.9. The Morgan fingerprint density at radius 3 is 2.38 bits per heavy atom. The van der Waals surface area contributed by atoms with Gasteiger partial charge in [-0.25, -0.2) is 0 Å². The summed E-state index contributed by atoms with van der Waals surface area (Å²) in [5, 5.41) is 0. The Kier molecular flexibility index (Phi) is 2.96. The molecule has 1 saturated carbocycles. The Morgan fingerprint density at radius 1 is 1.54 bits per heavy atom. The smallest absolute Gasteiger partial charge is 0.254 e. The molecular weight excluding hydrogens is 166 g/mol. The summed E-state index contributed by atoms with van der Waals surface area (Å²) >= 11 is 0. The number of ether oxygens (including phenoxy) is 1. The minimum atomic E-state index is -0.668. The van der Waals surface area contributed by atoms with Crippen molar-refractivity contribution >= 4 is 5.91 Å². The first-order chi connectivity index (χ1) is 6.03. The van der Waals surface area contributed by atoms with Gasteiger partial charge in [0.2, 0.25) is 0 Å². The van der Waals surface area contributed by atoms with E-state index in [-0.39, 0.29) is 5.91 Å². The van der Waals surface area contributed by atoms with Crippen LogP contribution in [-0.2, 0) is 9.53 Å². The van der Waals surface area contributed by atoms with Gasteiger partial charge < -0.3 is 9.64 Å². The fraction of sp³-hybridized carbons (Fsp3) is 0.900. The van der Waals surface area contributed by atoms with Crippen molar-refractivity contribution in [3.05, 3.63) is 0 Å². The van der Waals surface area contributed by atoms with E-state index in [2.05, 4.69) is 0 Å². The SMILES string of the molecule is CCN(C(=O)C(C)(C)OC)C1CC1. The molecule has 0 aromatic heterocycles. The molecule has 0 unspecified atom stereocenters. The zero-order valence-corrected chi connectivity index (χ0v) is 8.96. The third-order valence-corrected chi connectivity index (χ3v) is 2.61. The zero-order chi connectivity index (χ0) is 10.1. The molecule has 1 aliphatic rings. The molecule has 0 N–H and O–H groups in total. The fourth-order valence-corrected chi connectivity index (χ4v) is 1.39. The zero-order valence-electron chi connectivity index (χ0n) is 8.96. The summed E-state index contributed by atoms with van der Waals surface area (Å²) in [4.78, 5) is 13.8.